The van der Waals surface area contributed by atoms with E-state index >= 15 is 0 Å². The molecule has 15 heavy (non-hydrogen) atoms. The Morgan fingerprint density at radius 3 is 2.67 bits per heavy atom. The summed E-state index contributed by atoms with van der Waals surface area (Å²) in [6.07, 6.45) is 0.525. The summed E-state index contributed by atoms with van der Waals surface area (Å²) in [6.45, 7) is 1.78. The third kappa shape index (κ3) is 4.30. The minimum absolute atomic E-state index is 0.00457. The molecule has 0 saturated heterocycles. The molecule has 0 aliphatic carbocycles. The average molecular weight is 211 g/mol. The summed E-state index contributed by atoms with van der Waals surface area (Å²) in [5.41, 5.74) is 0. The summed E-state index contributed by atoms with van der Waals surface area (Å²) in [5, 5.41) is 10.9. The number of nitrogens with one attached hydrogen (secondary N) is 1. The van der Waals surface area contributed by atoms with Crippen molar-refractivity contribution in [1.29, 1.82) is 0 Å². The molecule has 1 heterocycles. The van der Waals surface area contributed by atoms with Gasteiger partial charge in [0.25, 0.3) is 0 Å². The maximum atomic E-state index is 11.2. The highest BCUT2D eigenvalue weighted by Crippen LogP contribution is 2.12. The third-order valence-corrected chi connectivity index (χ3v) is 1.80. The summed E-state index contributed by atoms with van der Waals surface area (Å²) >= 11 is 0. The van der Waals surface area contributed by atoms with Crippen molar-refractivity contribution in [2.45, 2.75) is 26.2 Å². The van der Waals surface area contributed by atoms with Crippen molar-refractivity contribution < 1.29 is 19.1 Å². The van der Waals surface area contributed by atoms with Crippen LogP contribution in [-0.4, -0.2) is 17.0 Å². The Bertz CT molecular complexity index is 356. The van der Waals surface area contributed by atoms with Crippen LogP contribution in [0.2, 0.25) is 0 Å². The minimum Gasteiger partial charge on any atom is -0.481 e. The first-order valence-electron chi connectivity index (χ1n) is 4.66. The van der Waals surface area contributed by atoms with Crippen molar-refractivity contribution >= 4 is 17.8 Å². The van der Waals surface area contributed by atoms with Gasteiger partial charge in [0.15, 0.2) is 5.88 Å². The van der Waals surface area contributed by atoms with Crippen LogP contribution in [0.5, 0.6) is 0 Å². The first-order chi connectivity index (χ1) is 7.08. The fraction of sp³-hybridized carbons (Fsp3) is 0.400. The number of aliphatic carboxylic acids is 1. The van der Waals surface area contributed by atoms with Crippen LogP contribution in [0.15, 0.2) is 16.5 Å². The monoisotopic (exact) mass is 211 g/mol. The molecular weight excluding hydrogens is 198 g/mol. The molecule has 0 radical (unpaired) electrons. The quantitative estimate of drug-likeness (QED) is 0.778. The lowest BCUT2D eigenvalue weighted by atomic mass is 10.2. The van der Waals surface area contributed by atoms with Gasteiger partial charge >= 0.3 is 5.97 Å². The smallest absolute Gasteiger partial charge is 0.303 e. The Labute approximate surface area is 87.1 Å². The predicted molar refractivity (Wildman–Crippen MR) is 53.6 cm³/mol. The standard InChI is InChI=1S/C10H13NO4/c1-7-5-6-9(15-7)11-8(12)3-2-4-10(13)14/h5-6H,2-4H2,1H3,(H,11,12)(H,13,14). The topological polar surface area (TPSA) is 79.5 Å². The molecule has 5 nitrogen and oxygen atoms in total. The number of carboxylic acids is 1. The highest BCUT2D eigenvalue weighted by molar-refractivity contribution is 5.89. The molecule has 0 aliphatic rings. The average Bonchev–Trinajstić information content (AvgIpc) is 2.50. The zero-order chi connectivity index (χ0) is 11.3. The number of amides is 1. The predicted octanol–water partition coefficient (Wildman–Crippen LogP) is 1.78. The van der Waals surface area contributed by atoms with E-state index in [1.807, 2.05) is 0 Å². The van der Waals surface area contributed by atoms with Gasteiger partial charge in [-0.1, -0.05) is 0 Å². The van der Waals surface area contributed by atoms with Crippen molar-refractivity contribution in [3.05, 3.63) is 17.9 Å². The maximum absolute atomic E-state index is 11.2. The van der Waals surface area contributed by atoms with E-state index in [-0.39, 0.29) is 18.7 Å². The fourth-order valence-corrected chi connectivity index (χ4v) is 1.10. The summed E-state index contributed by atoms with van der Waals surface area (Å²) < 4.78 is 5.13. The van der Waals surface area contributed by atoms with Gasteiger partial charge in [0.05, 0.1) is 0 Å². The number of carboxylic acid groups (broad SMARTS) is 1. The lowest BCUT2D eigenvalue weighted by molar-refractivity contribution is -0.137. The molecule has 2 N–H and O–H groups in total. The second-order valence-corrected chi connectivity index (χ2v) is 3.21. The van der Waals surface area contributed by atoms with Crippen LogP contribution in [0.3, 0.4) is 0 Å². The van der Waals surface area contributed by atoms with Crippen LogP contribution >= 0.6 is 0 Å². The van der Waals surface area contributed by atoms with E-state index in [1.165, 1.54) is 0 Å². The van der Waals surface area contributed by atoms with Crippen molar-refractivity contribution in [3.8, 4) is 0 Å². The zero-order valence-electron chi connectivity index (χ0n) is 8.45. The van der Waals surface area contributed by atoms with Crippen molar-refractivity contribution in [2.75, 3.05) is 5.32 Å². The van der Waals surface area contributed by atoms with Crippen LogP contribution in [0, 0.1) is 6.92 Å². The molecule has 0 aliphatic heterocycles. The number of hydrogen-bond acceptors (Lipinski definition) is 3. The largest absolute Gasteiger partial charge is 0.481 e. The van der Waals surface area contributed by atoms with Crippen LogP contribution in [0.25, 0.3) is 0 Å². The molecule has 0 atom stereocenters. The van der Waals surface area contributed by atoms with Crippen LogP contribution < -0.4 is 5.32 Å². The van der Waals surface area contributed by atoms with Gasteiger partial charge in [0, 0.05) is 18.9 Å². The van der Waals surface area contributed by atoms with Crippen molar-refractivity contribution in [3.63, 3.8) is 0 Å². The van der Waals surface area contributed by atoms with E-state index in [1.54, 1.807) is 19.1 Å². The van der Waals surface area contributed by atoms with Crippen LogP contribution in [0.4, 0.5) is 5.88 Å². The Kier molecular flexibility index (Phi) is 3.91. The number of aryl methyl sites for hydroxylation is 1. The molecule has 1 rings (SSSR count). The van der Waals surface area contributed by atoms with Crippen LogP contribution in [-0.2, 0) is 9.59 Å². The van der Waals surface area contributed by atoms with E-state index in [0.717, 1.165) is 5.76 Å². The van der Waals surface area contributed by atoms with E-state index < -0.39 is 5.97 Å². The van der Waals surface area contributed by atoms with E-state index in [9.17, 15) is 9.59 Å². The number of furan rings is 1. The van der Waals surface area contributed by atoms with E-state index in [2.05, 4.69) is 5.32 Å². The van der Waals surface area contributed by atoms with Gasteiger partial charge in [-0.25, -0.2) is 0 Å². The number of carbonyl (C=O) groups excluding carboxylic acids is 1. The molecule has 0 saturated carbocycles. The number of rotatable bonds is 5. The fourth-order valence-electron chi connectivity index (χ4n) is 1.10. The van der Waals surface area contributed by atoms with Gasteiger partial charge in [-0.05, 0) is 19.4 Å². The lowest BCUT2D eigenvalue weighted by Crippen LogP contribution is -2.11. The molecule has 1 aromatic heterocycles. The van der Waals surface area contributed by atoms with Crippen molar-refractivity contribution in [1.82, 2.24) is 0 Å². The van der Waals surface area contributed by atoms with Gasteiger partial charge in [0.1, 0.15) is 5.76 Å². The molecule has 1 amide bonds. The molecule has 5 heteroatoms. The zero-order valence-corrected chi connectivity index (χ0v) is 8.45. The van der Waals surface area contributed by atoms with Crippen molar-refractivity contribution in [2.24, 2.45) is 0 Å². The maximum Gasteiger partial charge on any atom is 0.303 e. The molecule has 0 fully saturated rings. The number of carbonyl (C=O) groups is 2. The number of anilines is 1. The first kappa shape index (κ1) is 11.3. The van der Waals surface area contributed by atoms with Gasteiger partial charge in [-0.15, -0.1) is 0 Å². The van der Waals surface area contributed by atoms with E-state index in [0.29, 0.717) is 12.3 Å². The van der Waals surface area contributed by atoms with Gasteiger partial charge in [-0.2, -0.15) is 0 Å². The molecule has 82 valence electrons. The normalized spacial score (nSPS) is 9.93. The first-order valence-corrected chi connectivity index (χ1v) is 4.66. The van der Waals surface area contributed by atoms with Gasteiger partial charge in [-0.3, -0.25) is 14.9 Å². The summed E-state index contributed by atoms with van der Waals surface area (Å²) in [5.74, 6) is -0.00842. The molecule has 0 bridgehead atoms. The molecule has 0 unspecified atom stereocenters. The second kappa shape index (κ2) is 5.19. The SMILES string of the molecule is Cc1ccc(NC(=O)CCCC(=O)O)o1. The Hall–Kier alpha value is -1.78. The summed E-state index contributed by atoms with van der Waals surface area (Å²) in [7, 11) is 0. The second-order valence-electron chi connectivity index (χ2n) is 3.21. The Balaban J connectivity index is 2.27. The molecule has 1 aromatic rings. The molecule has 0 aromatic carbocycles. The summed E-state index contributed by atoms with van der Waals surface area (Å²) in [6, 6.07) is 3.40. The molecular formula is C10H13NO4. The Morgan fingerprint density at radius 1 is 1.40 bits per heavy atom. The highest BCUT2D eigenvalue weighted by atomic mass is 16.4. The summed E-state index contributed by atoms with van der Waals surface area (Å²) in [4.78, 5) is 21.4. The molecule has 0 spiro atoms. The minimum atomic E-state index is -0.892. The van der Waals surface area contributed by atoms with Gasteiger partial charge in [0.2, 0.25) is 5.91 Å². The Morgan fingerprint density at radius 2 is 2.13 bits per heavy atom. The third-order valence-electron chi connectivity index (χ3n) is 1.80. The van der Waals surface area contributed by atoms with E-state index in [4.69, 9.17) is 9.52 Å². The number of hydrogen-bond donors (Lipinski definition) is 2. The van der Waals surface area contributed by atoms with Gasteiger partial charge < -0.3 is 9.52 Å². The highest BCUT2D eigenvalue weighted by Gasteiger charge is 2.06. The lowest BCUT2D eigenvalue weighted by Gasteiger charge is -2.00. The van der Waals surface area contributed by atoms with Crippen LogP contribution in [0.1, 0.15) is 25.0 Å².